The van der Waals surface area contributed by atoms with E-state index in [1.807, 2.05) is 0 Å². The first-order valence-corrected chi connectivity index (χ1v) is 3.96. The van der Waals surface area contributed by atoms with E-state index < -0.39 is 0 Å². The highest BCUT2D eigenvalue weighted by Gasteiger charge is 1.94. The molecule has 0 saturated carbocycles. The SMILES string of the molecule is Cc1ccc(C[S])c(C)c1. The summed E-state index contributed by atoms with van der Waals surface area (Å²) in [5.41, 5.74) is 3.90. The van der Waals surface area contributed by atoms with Crippen LogP contribution >= 0.6 is 12.6 Å². The second-order valence-corrected chi connectivity index (χ2v) is 2.86. The van der Waals surface area contributed by atoms with Gasteiger partial charge in [0.15, 0.2) is 0 Å². The molecule has 1 rings (SSSR count). The molecule has 0 unspecified atom stereocenters. The predicted octanol–water partition coefficient (Wildman–Crippen LogP) is 3.00. The highest BCUT2D eigenvalue weighted by atomic mass is 32.1. The molecule has 0 amide bonds. The van der Waals surface area contributed by atoms with Crippen LogP contribution in [0.25, 0.3) is 0 Å². The first-order chi connectivity index (χ1) is 4.74. The Morgan fingerprint density at radius 1 is 1.30 bits per heavy atom. The van der Waals surface area contributed by atoms with Crippen LogP contribution in [-0.4, -0.2) is 0 Å². The molecule has 1 aromatic rings. The van der Waals surface area contributed by atoms with Gasteiger partial charge >= 0.3 is 0 Å². The van der Waals surface area contributed by atoms with E-state index in [0.29, 0.717) is 0 Å². The van der Waals surface area contributed by atoms with Gasteiger partial charge in [-0.3, -0.25) is 0 Å². The third-order valence-corrected chi connectivity index (χ3v) is 1.96. The Balaban J connectivity index is 3.07. The van der Waals surface area contributed by atoms with Crippen molar-refractivity contribution in [3.05, 3.63) is 34.9 Å². The first-order valence-electron chi connectivity index (χ1n) is 3.38. The molecule has 0 bridgehead atoms. The van der Waals surface area contributed by atoms with Crippen molar-refractivity contribution >= 4 is 12.6 Å². The zero-order valence-electron chi connectivity index (χ0n) is 6.35. The molecule has 0 saturated heterocycles. The average molecular weight is 151 g/mol. The summed E-state index contributed by atoms with van der Waals surface area (Å²) in [5.74, 6) is 0.728. The standard InChI is InChI=1S/C9H11S/c1-7-3-4-9(6-10)8(2)5-7/h3-5H,6H2,1-2H3. The minimum atomic E-state index is 0.728. The maximum absolute atomic E-state index is 4.95. The van der Waals surface area contributed by atoms with Gasteiger partial charge in [-0.2, -0.15) is 0 Å². The normalized spacial score (nSPS) is 9.90. The van der Waals surface area contributed by atoms with Crippen LogP contribution in [0.1, 0.15) is 16.7 Å². The molecule has 1 heteroatoms. The van der Waals surface area contributed by atoms with Gasteiger partial charge in [0, 0.05) is 5.75 Å². The lowest BCUT2D eigenvalue weighted by Gasteiger charge is -2.01. The minimum Gasteiger partial charge on any atom is -0.0890 e. The predicted molar refractivity (Wildman–Crippen MR) is 47.2 cm³/mol. The molecule has 0 nitrogen and oxygen atoms in total. The lowest BCUT2D eigenvalue weighted by molar-refractivity contribution is 1.28. The van der Waals surface area contributed by atoms with Gasteiger partial charge in [-0.25, -0.2) is 0 Å². The molecule has 0 aromatic heterocycles. The summed E-state index contributed by atoms with van der Waals surface area (Å²) < 4.78 is 0. The fourth-order valence-electron chi connectivity index (χ4n) is 1.01. The molecule has 53 valence electrons. The largest absolute Gasteiger partial charge is 0.0890 e. The number of hydrogen-bond donors (Lipinski definition) is 0. The van der Waals surface area contributed by atoms with Crippen LogP contribution < -0.4 is 0 Å². The van der Waals surface area contributed by atoms with Crippen molar-refractivity contribution < 1.29 is 0 Å². The van der Waals surface area contributed by atoms with Crippen LogP contribution in [0.3, 0.4) is 0 Å². The fourth-order valence-corrected chi connectivity index (χ4v) is 1.33. The van der Waals surface area contributed by atoms with Gasteiger partial charge in [0.1, 0.15) is 0 Å². The Morgan fingerprint density at radius 2 is 2.00 bits per heavy atom. The molecule has 0 atom stereocenters. The molecule has 0 N–H and O–H groups in total. The van der Waals surface area contributed by atoms with Crippen molar-refractivity contribution in [3.8, 4) is 0 Å². The summed E-state index contributed by atoms with van der Waals surface area (Å²) >= 11 is 4.95. The van der Waals surface area contributed by atoms with Crippen LogP contribution in [0.5, 0.6) is 0 Å². The summed E-state index contributed by atoms with van der Waals surface area (Å²) in [5, 5.41) is 0. The Labute approximate surface area is 67.7 Å². The minimum absolute atomic E-state index is 0.728. The lowest BCUT2D eigenvalue weighted by Crippen LogP contribution is -1.84. The highest BCUT2D eigenvalue weighted by Crippen LogP contribution is 2.11. The molecule has 0 aliphatic heterocycles. The highest BCUT2D eigenvalue weighted by molar-refractivity contribution is 7.79. The zero-order valence-corrected chi connectivity index (χ0v) is 7.16. The second-order valence-electron chi connectivity index (χ2n) is 2.57. The fraction of sp³-hybridized carbons (Fsp3) is 0.333. The van der Waals surface area contributed by atoms with Crippen LogP contribution in [-0.2, 0) is 5.75 Å². The quantitative estimate of drug-likeness (QED) is 0.579. The van der Waals surface area contributed by atoms with Crippen LogP contribution in [0.15, 0.2) is 18.2 Å². The van der Waals surface area contributed by atoms with E-state index in [2.05, 4.69) is 32.0 Å². The van der Waals surface area contributed by atoms with E-state index >= 15 is 0 Å². The zero-order chi connectivity index (χ0) is 7.56. The summed E-state index contributed by atoms with van der Waals surface area (Å²) in [4.78, 5) is 0. The van der Waals surface area contributed by atoms with E-state index in [1.165, 1.54) is 16.7 Å². The molecule has 0 aliphatic rings. The number of hydrogen-bond acceptors (Lipinski definition) is 0. The maximum Gasteiger partial charge on any atom is 0.0291 e. The Kier molecular flexibility index (Phi) is 2.39. The van der Waals surface area contributed by atoms with Gasteiger partial charge < -0.3 is 0 Å². The maximum atomic E-state index is 4.95. The van der Waals surface area contributed by atoms with E-state index in [-0.39, 0.29) is 0 Å². The van der Waals surface area contributed by atoms with E-state index in [9.17, 15) is 0 Å². The monoisotopic (exact) mass is 151 g/mol. The molecule has 0 heterocycles. The number of aryl methyl sites for hydroxylation is 2. The van der Waals surface area contributed by atoms with Gasteiger partial charge in [0.05, 0.1) is 0 Å². The van der Waals surface area contributed by atoms with Crippen molar-refractivity contribution in [2.75, 3.05) is 0 Å². The first kappa shape index (κ1) is 7.67. The van der Waals surface area contributed by atoms with Gasteiger partial charge in [0.25, 0.3) is 0 Å². The lowest BCUT2D eigenvalue weighted by atomic mass is 10.1. The van der Waals surface area contributed by atoms with Gasteiger partial charge in [-0.15, -0.1) is 0 Å². The topological polar surface area (TPSA) is 0 Å². The number of rotatable bonds is 1. The smallest absolute Gasteiger partial charge is 0.0291 e. The third kappa shape index (κ3) is 1.54. The van der Waals surface area contributed by atoms with Gasteiger partial charge in [-0.05, 0) is 25.0 Å². The molecular formula is C9H11S. The molecule has 0 aliphatic carbocycles. The van der Waals surface area contributed by atoms with Gasteiger partial charge in [-0.1, -0.05) is 36.4 Å². The molecule has 1 radical (unpaired) electrons. The van der Waals surface area contributed by atoms with Crippen molar-refractivity contribution in [3.63, 3.8) is 0 Å². The van der Waals surface area contributed by atoms with Crippen LogP contribution in [0.4, 0.5) is 0 Å². The third-order valence-electron chi connectivity index (χ3n) is 1.65. The summed E-state index contributed by atoms with van der Waals surface area (Å²) in [6.45, 7) is 4.20. The van der Waals surface area contributed by atoms with Gasteiger partial charge in [0.2, 0.25) is 0 Å². The Hall–Kier alpha value is -0.430. The van der Waals surface area contributed by atoms with Crippen LogP contribution in [0.2, 0.25) is 0 Å². The van der Waals surface area contributed by atoms with Crippen LogP contribution in [0, 0.1) is 13.8 Å². The Bertz CT molecular complexity index is 228. The molecule has 1 aromatic carbocycles. The summed E-state index contributed by atoms with van der Waals surface area (Å²) in [6.07, 6.45) is 0. The van der Waals surface area contributed by atoms with Crippen molar-refractivity contribution in [1.82, 2.24) is 0 Å². The second kappa shape index (κ2) is 3.11. The van der Waals surface area contributed by atoms with E-state index in [0.717, 1.165) is 5.75 Å². The summed E-state index contributed by atoms with van der Waals surface area (Å²) in [7, 11) is 0. The van der Waals surface area contributed by atoms with Crippen molar-refractivity contribution in [2.45, 2.75) is 19.6 Å². The number of benzene rings is 1. The van der Waals surface area contributed by atoms with E-state index in [4.69, 9.17) is 12.6 Å². The molecule has 10 heavy (non-hydrogen) atoms. The van der Waals surface area contributed by atoms with Crippen molar-refractivity contribution in [2.24, 2.45) is 0 Å². The molecular weight excluding hydrogens is 140 g/mol. The summed E-state index contributed by atoms with van der Waals surface area (Å²) in [6, 6.07) is 6.38. The van der Waals surface area contributed by atoms with Crippen molar-refractivity contribution in [1.29, 1.82) is 0 Å². The molecule has 0 spiro atoms. The average Bonchev–Trinajstić information content (AvgIpc) is 1.88. The Morgan fingerprint density at radius 3 is 2.50 bits per heavy atom. The molecule has 0 fully saturated rings. The van der Waals surface area contributed by atoms with E-state index in [1.54, 1.807) is 0 Å².